The number of benzene rings is 2. The molecule has 1 N–H and O–H groups in total. The maximum Gasteiger partial charge on any atom is 0.128 e. The zero-order valence-corrected chi connectivity index (χ0v) is 12.7. The van der Waals surface area contributed by atoms with Crippen LogP contribution >= 0.6 is 0 Å². The molecule has 1 fully saturated rings. The van der Waals surface area contributed by atoms with E-state index in [4.69, 9.17) is 0 Å². The van der Waals surface area contributed by atoms with Gasteiger partial charge in [-0.2, -0.15) is 0 Å². The Hall–Kier alpha value is -1.67. The number of halogens is 1. The third-order valence-electron chi connectivity index (χ3n) is 4.90. The van der Waals surface area contributed by atoms with Crippen LogP contribution in [0.5, 0.6) is 0 Å². The second-order valence-corrected chi connectivity index (χ2v) is 6.12. The molecule has 0 aromatic heterocycles. The highest BCUT2D eigenvalue weighted by Crippen LogP contribution is 2.52. The molecule has 0 aliphatic heterocycles. The second-order valence-electron chi connectivity index (χ2n) is 6.12. The van der Waals surface area contributed by atoms with Gasteiger partial charge in [-0.15, -0.1) is 0 Å². The topological polar surface area (TPSA) is 12.0 Å². The number of hydrogen-bond acceptors (Lipinski definition) is 1. The third-order valence-corrected chi connectivity index (χ3v) is 4.90. The van der Waals surface area contributed by atoms with Crippen molar-refractivity contribution >= 4 is 0 Å². The van der Waals surface area contributed by atoms with Crippen molar-refractivity contribution in [3.63, 3.8) is 0 Å². The Morgan fingerprint density at radius 1 is 1.10 bits per heavy atom. The lowest BCUT2D eigenvalue weighted by atomic mass is 9.58. The van der Waals surface area contributed by atoms with Gasteiger partial charge in [0.05, 0.1) is 0 Å². The molecule has 1 saturated carbocycles. The van der Waals surface area contributed by atoms with Crippen LogP contribution in [0.4, 0.5) is 4.39 Å². The van der Waals surface area contributed by atoms with E-state index in [1.54, 1.807) is 6.07 Å². The van der Waals surface area contributed by atoms with Crippen molar-refractivity contribution in [1.82, 2.24) is 5.32 Å². The largest absolute Gasteiger partial charge is 0.312 e. The minimum absolute atomic E-state index is 0.0185. The van der Waals surface area contributed by atoms with E-state index in [0.717, 1.165) is 24.0 Å². The first-order valence-corrected chi connectivity index (χ1v) is 7.66. The van der Waals surface area contributed by atoms with Gasteiger partial charge >= 0.3 is 0 Å². The lowest BCUT2D eigenvalue weighted by Gasteiger charge is -2.48. The predicted molar refractivity (Wildman–Crippen MR) is 84.9 cm³/mol. The number of likely N-dealkylation sites (N-methyl/N-ethyl adjacent to an activating group) is 1. The van der Waals surface area contributed by atoms with Gasteiger partial charge in [-0.05, 0) is 38.4 Å². The van der Waals surface area contributed by atoms with Crippen LogP contribution in [-0.2, 0) is 5.41 Å². The highest BCUT2D eigenvalue weighted by molar-refractivity contribution is 5.37. The van der Waals surface area contributed by atoms with Gasteiger partial charge in [0.2, 0.25) is 0 Å². The number of rotatable bonds is 4. The quantitative estimate of drug-likeness (QED) is 0.870. The molecule has 1 unspecified atom stereocenters. The molecule has 110 valence electrons. The molecule has 0 amide bonds. The highest BCUT2D eigenvalue weighted by Gasteiger charge is 2.46. The van der Waals surface area contributed by atoms with Crippen molar-refractivity contribution in [2.75, 3.05) is 7.05 Å². The molecule has 1 aliphatic rings. The van der Waals surface area contributed by atoms with Crippen LogP contribution in [0.25, 0.3) is 0 Å². The summed E-state index contributed by atoms with van der Waals surface area (Å²) in [6.45, 7) is 2.02. The van der Waals surface area contributed by atoms with E-state index in [9.17, 15) is 4.39 Å². The van der Waals surface area contributed by atoms with Crippen molar-refractivity contribution in [3.05, 3.63) is 71.0 Å². The molecule has 0 bridgehead atoms. The van der Waals surface area contributed by atoms with E-state index >= 15 is 0 Å². The fourth-order valence-corrected chi connectivity index (χ4v) is 3.69. The van der Waals surface area contributed by atoms with Gasteiger partial charge in [-0.1, -0.05) is 54.4 Å². The van der Waals surface area contributed by atoms with Crippen molar-refractivity contribution in [2.45, 2.75) is 37.6 Å². The van der Waals surface area contributed by atoms with Gasteiger partial charge in [0.15, 0.2) is 0 Å². The van der Waals surface area contributed by atoms with Gasteiger partial charge in [0, 0.05) is 17.0 Å². The Labute approximate surface area is 126 Å². The Bertz CT molecular complexity index is 617. The van der Waals surface area contributed by atoms with E-state index in [2.05, 4.69) is 29.6 Å². The van der Waals surface area contributed by atoms with Gasteiger partial charge in [0.25, 0.3) is 0 Å². The molecule has 3 rings (SSSR count). The van der Waals surface area contributed by atoms with Crippen LogP contribution in [0, 0.1) is 12.7 Å². The summed E-state index contributed by atoms with van der Waals surface area (Å²) < 4.78 is 14.4. The molecule has 2 aromatic rings. The van der Waals surface area contributed by atoms with E-state index in [-0.39, 0.29) is 17.3 Å². The number of nitrogens with one attached hydrogen (secondary N) is 1. The molecule has 0 spiro atoms. The van der Waals surface area contributed by atoms with Crippen molar-refractivity contribution in [2.24, 2.45) is 0 Å². The molecule has 1 atom stereocenters. The molecule has 1 nitrogen and oxygen atoms in total. The highest BCUT2D eigenvalue weighted by atomic mass is 19.1. The maximum absolute atomic E-state index is 14.4. The molecule has 1 aliphatic carbocycles. The second kappa shape index (κ2) is 5.61. The lowest BCUT2D eigenvalue weighted by molar-refractivity contribution is 0.173. The van der Waals surface area contributed by atoms with E-state index in [0.29, 0.717) is 0 Å². The summed E-state index contributed by atoms with van der Waals surface area (Å²) in [7, 11) is 1.94. The number of hydrogen-bond donors (Lipinski definition) is 1. The minimum atomic E-state index is -0.109. The summed E-state index contributed by atoms with van der Waals surface area (Å²) >= 11 is 0. The summed E-state index contributed by atoms with van der Waals surface area (Å²) in [5.74, 6) is -0.109. The summed E-state index contributed by atoms with van der Waals surface area (Å²) in [5, 5.41) is 3.39. The van der Waals surface area contributed by atoms with Crippen LogP contribution in [0.3, 0.4) is 0 Å². The molecular weight excluding hydrogens is 261 g/mol. The Morgan fingerprint density at radius 3 is 2.38 bits per heavy atom. The Morgan fingerprint density at radius 2 is 1.81 bits per heavy atom. The average Bonchev–Trinajstić information content (AvgIpc) is 2.46. The molecule has 0 saturated heterocycles. The average molecular weight is 283 g/mol. The smallest absolute Gasteiger partial charge is 0.128 e. The van der Waals surface area contributed by atoms with Crippen molar-refractivity contribution < 1.29 is 4.39 Å². The molecule has 21 heavy (non-hydrogen) atoms. The van der Waals surface area contributed by atoms with Crippen molar-refractivity contribution in [3.8, 4) is 0 Å². The molecule has 2 aromatic carbocycles. The van der Waals surface area contributed by atoms with Gasteiger partial charge in [-0.3, -0.25) is 0 Å². The SMILES string of the molecule is CNC(c1cc(C)ccc1F)C1(c2ccccc2)CCC1. The Kier molecular flexibility index (Phi) is 3.81. The van der Waals surface area contributed by atoms with Crippen LogP contribution in [0.2, 0.25) is 0 Å². The van der Waals surface area contributed by atoms with Crippen LogP contribution in [0.1, 0.15) is 42.0 Å². The lowest BCUT2D eigenvalue weighted by Crippen LogP contribution is -2.46. The predicted octanol–water partition coefficient (Wildman–Crippen LogP) is 4.52. The zero-order valence-electron chi connectivity index (χ0n) is 12.7. The summed E-state index contributed by atoms with van der Waals surface area (Å²) in [6.07, 6.45) is 3.42. The summed E-state index contributed by atoms with van der Waals surface area (Å²) in [5.41, 5.74) is 3.23. The summed E-state index contributed by atoms with van der Waals surface area (Å²) in [4.78, 5) is 0. The van der Waals surface area contributed by atoms with Crippen LogP contribution < -0.4 is 5.32 Å². The third kappa shape index (κ3) is 2.38. The van der Waals surface area contributed by atoms with Crippen LogP contribution in [-0.4, -0.2) is 7.05 Å². The monoisotopic (exact) mass is 283 g/mol. The first kappa shape index (κ1) is 14.3. The van der Waals surface area contributed by atoms with E-state index in [1.165, 1.54) is 12.0 Å². The fraction of sp³-hybridized carbons (Fsp3) is 0.368. The first-order valence-electron chi connectivity index (χ1n) is 7.66. The van der Waals surface area contributed by atoms with Crippen LogP contribution in [0.15, 0.2) is 48.5 Å². The fourth-order valence-electron chi connectivity index (χ4n) is 3.69. The van der Waals surface area contributed by atoms with Gasteiger partial charge < -0.3 is 5.32 Å². The van der Waals surface area contributed by atoms with E-state index < -0.39 is 0 Å². The Balaban J connectivity index is 2.08. The molecule has 0 radical (unpaired) electrons. The zero-order chi connectivity index (χ0) is 14.9. The molecule has 0 heterocycles. The standard InChI is InChI=1S/C19H22FN/c1-14-9-10-17(20)16(13-14)18(21-2)19(11-6-12-19)15-7-4-3-5-8-15/h3-5,7-10,13,18,21H,6,11-12H2,1-2H3. The minimum Gasteiger partial charge on any atom is -0.312 e. The molecular formula is C19H22FN. The van der Waals surface area contributed by atoms with Crippen molar-refractivity contribution in [1.29, 1.82) is 0 Å². The van der Waals surface area contributed by atoms with E-state index in [1.807, 2.05) is 32.2 Å². The normalized spacial score (nSPS) is 18.0. The van der Waals surface area contributed by atoms with Gasteiger partial charge in [-0.25, -0.2) is 4.39 Å². The first-order chi connectivity index (χ1) is 10.2. The maximum atomic E-state index is 14.4. The summed E-state index contributed by atoms with van der Waals surface area (Å²) in [6, 6.07) is 16.0. The number of aryl methyl sites for hydroxylation is 1. The molecule has 2 heteroatoms. The van der Waals surface area contributed by atoms with Gasteiger partial charge in [0.1, 0.15) is 5.82 Å².